The van der Waals surface area contributed by atoms with Crippen LogP contribution < -0.4 is 21.7 Å². The van der Waals surface area contributed by atoms with Gasteiger partial charge in [-0.3, -0.25) is 14.4 Å². The number of nitrogens with one attached hydrogen (secondary N) is 4. The number of phenolic OH excluding ortho intramolecular Hbond substituents is 1. The molecule has 0 saturated heterocycles. The number of benzene rings is 1. The molecular formula is C22H30N6O6S. The first-order chi connectivity index (χ1) is 16.7. The van der Waals surface area contributed by atoms with Crippen molar-refractivity contribution in [1.82, 2.24) is 25.9 Å². The van der Waals surface area contributed by atoms with Gasteiger partial charge in [-0.2, -0.15) is 11.8 Å². The summed E-state index contributed by atoms with van der Waals surface area (Å²) >= 11 is 1.49. The van der Waals surface area contributed by atoms with Crippen LogP contribution in [0.2, 0.25) is 0 Å². The molecule has 3 amide bonds. The number of phenols is 1. The molecule has 1 aromatic heterocycles. The van der Waals surface area contributed by atoms with E-state index in [-0.39, 0.29) is 25.1 Å². The molecule has 35 heavy (non-hydrogen) atoms. The number of aromatic hydroxyl groups is 1. The first-order valence-electron chi connectivity index (χ1n) is 10.8. The molecule has 0 aliphatic rings. The largest absolute Gasteiger partial charge is 0.508 e. The van der Waals surface area contributed by atoms with E-state index in [4.69, 9.17) is 5.73 Å². The number of H-pyrrole nitrogens is 1. The summed E-state index contributed by atoms with van der Waals surface area (Å²) in [4.78, 5) is 56.3. The van der Waals surface area contributed by atoms with Gasteiger partial charge in [-0.15, -0.1) is 0 Å². The van der Waals surface area contributed by atoms with Crippen LogP contribution in [0, 0.1) is 0 Å². The van der Waals surface area contributed by atoms with Gasteiger partial charge < -0.3 is 36.9 Å². The molecule has 0 saturated carbocycles. The van der Waals surface area contributed by atoms with Gasteiger partial charge in [0.25, 0.3) is 0 Å². The molecule has 190 valence electrons. The monoisotopic (exact) mass is 506 g/mol. The number of hydrogen-bond donors (Lipinski definition) is 7. The van der Waals surface area contributed by atoms with Gasteiger partial charge in [0.05, 0.1) is 12.9 Å². The Hall–Kier alpha value is -3.58. The fourth-order valence-corrected chi connectivity index (χ4v) is 3.67. The summed E-state index contributed by atoms with van der Waals surface area (Å²) < 4.78 is 0. The van der Waals surface area contributed by atoms with Crippen LogP contribution in [0.4, 0.5) is 0 Å². The lowest BCUT2D eigenvalue weighted by molar-refractivity contribution is -0.142. The fraction of sp³-hybridized carbons (Fsp3) is 0.409. The lowest BCUT2D eigenvalue weighted by Gasteiger charge is -2.24. The van der Waals surface area contributed by atoms with E-state index in [1.54, 1.807) is 12.1 Å². The highest BCUT2D eigenvalue weighted by Gasteiger charge is 2.30. The number of aliphatic carboxylic acids is 1. The van der Waals surface area contributed by atoms with Gasteiger partial charge in [0.2, 0.25) is 17.7 Å². The molecule has 2 aromatic rings. The van der Waals surface area contributed by atoms with Crippen LogP contribution >= 0.6 is 11.8 Å². The predicted octanol–water partition coefficient (Wildman–Crippen LogP) is -0.849. The fourth-order valence-electron chi connectivity index (χ4n) is 3.20. The van der Waals surface area contributed by atoms with Gasteiger partial charge in [0, 0.05) is 24.7 Å². The maximum absolute atomic E-state index is 13.1. The van der Waals surface area contributed by atoms with E-state index in [9.17, 15) is 29.4 Å². The van der Waals surface area contributed by atoms with E-state index in [1.807, 2.05) is 6.26 Å². The van der Waals surface area contributed by atoms with Crippen LogP contribution in [0.15, 0.2) is 36.8 Å². The van der Waals surface area contributed by atoms with Crippen LogP contribution in [0.1, 0.15) is 17.7 Å². The molecular weight excluding hydrogens is 476 g/mol. The van der Waals surface area contributed by atoms with Crippen molar-refractivity contribution in [2.75, 3.05) is 18.6 Å². The number of amides is 3. The van der Waals surface area contributed by atoms with Gasteiger partial charge in [-0.1, -0.05) is 12.1 Å². The van der Waals surface area contributed by atoms with Crippen LogP contribution in [-0.4, -0.2) is 80.6 Å². The quantitative estimate of drug-likeness (QED) is 0.170. The third-order valence-electron chi connectivity index (χ3n) is 5.05. The van der Waals surface area contributed by atoms with Crippen LogP contribution in [-0.2, 0) is 32.0 Å². The molecule has 8 N–H and O–H groups in total. The Balaban J connectivity index is 2.22. The first kappa shape index (κ1) is 27.7. The van der Waals surface area contributed by atoms with E-state index in [0.717, 1.165) is 0 Å². The smallest absolute Gasteiger partial charge is 0.326 e. The Kier molecular flexibility index (Phi) is 11.0. The molecule has 0 spiro atoms. The molecule has 0 aliphatic carbocycles. The Morgan fingerprint density at radius 3 is 2.26 bits per heavy atom. The normalized spacial score (nSPS) is 13.3. The van der Waals surface area contributed by atoms with Crippen LogP contribution in [0.3, 0.4) is 0 Å². The average molecular weight is 507 g/mol. The summed E-state index contributed by atoms with van der Waals surface area (Å²) in [5, 5.41) is 26.8. The minimum Gasteiger partial charge on any atom is -0.508 e. The summed E-state index contributed by atoms with van der Waals surface area (Å²) in [5.41, 5.74) is 6.49. The lowest BCUT2D eigenvalue weighted by atomic mass is 10.0. The first-order valence-corrected chi connectivity index (χ1v) is 12.2. The minimum absolute atomic E-state index is 0.0222. The molecule has 13 heteroatoms. The number of imidazole rings is 1. The van der Waals surface area contributed by atoms with Crippen molar-refractivity contribution >= 4 is 35.5 Å². The molecule has 0 bridgehead atoms. The molecule has 1 heterocycles. The second kappa shape index (κ2) is 14.0. The minimum atomic E-state index is -1.27. The van der Waals surface area contributed by atoms with Crippen molar-refractivity contribution in [1.29, 1.82) is 0 Å². The third-order valence-corrected chi connectivity index (χ3v) is 5.69. The Morgan fingerprint density at radius 1 is 1.03 bits per heavy atom. The number of carbonyl (C=O) groups excluding carboxylic acids is 3. The molecule has 0 fully saturated rings. The number of carboxylic acids is 1. The van der Waals surface area contributed by atoms with E-state index in [1.165, 1.54) is 36.4 Å². The number of carboxylic acid groups (broad SMARTS) is 1. The molecule has 1 aromatic carbocycles. The predicted molar refractivity (Wildman–Crippen MR) is 130 cm³/mol. The van der Waals surface area contributed by atoms with E-state index >= 15 is 0 Å². The van der Waals surface area contributed by atoms with Gasteiger partial charge in [-0.05, 0) is 36.1 Å². The molecule has 0 radical (unpaired) electrons. The number of nitrogens with zero attached hydrogens (tertiary/aromatic N) is 1. The standard InChI is InChI=1S/C22H30N6O6S/c1-35-7-6-16(26-19(30)10-23)20(31)27-17(8-13-2-4-15(29)5-3-13)21(32)28-18(22(33)34)9-14-11-24-12-25-14/h2-5,11-12,16-18,29H,6-10,23H2,1H3,(H,24,25)(H,26,30)(H,27,31)(H,28,32)(H,33,34). The third kappa shape index (κ3) is 9.29. The van der Waals surface area contributed by atoms with E-state index in [0.29, 0.717) is 23.4 Å². The van der Waals surface area contributed by atoms with Crippen molar-refractivity contribution in [2.24, 2.45) is 5.73 Å². The summed E-state index contributed by atoms with van der Waals surface area (Å²) in [5.74, 6) is -2.48. The average Bonchev–Trinajstić information content (AvgIpc) is 3.35. The van der Waals surface area contributed by atoms with Crippen molar-refractivity contribution in [3.05, 3.63) is 48.0 Å². The van der Waals surface area contributed by atoms with Crippen molar-refractivity contribution in [3.8, 4) is 5.75 Å². The highest BCUT2D eigenvalue weighted by atomic mass is 32.2. The number of aromatic amines is 1. The molecule has 12 nitrogen and oxygen atoms in total. The summed E-state index contributed by atoms with van der Waals surface area (Å²) in [6.07, 6.45) is 5.00. The van der Waals surface area contributed by atoms with Gasteiger partial charge in [0.1, 0.15) is 23.9 Å². The number of hydrogen-bond acceptors (Lipinski definition) is 8. The van der Waals surface area contributed by atoms with E-state index in [2.05, 4.69) is 25.9 Å². The van der Waals surface area contributed by atoms with Crippen LogP contribution in [0.5, 0.6) is 5.75 Å². The zero-order chi connectivity index (χ0) is 25.8. The Morgan fingerprint density at radius 2 is 1.69 bits per heavy atom. The highest BCUT2D eigenvalue weighted by molar-refractivity contribution is 7.98. The second-order valence-electron chi connectivity index (χ2n) is 7.72. The zero-order valence-electron chi connectivity index (χ0n) is 19.2. The second-order valence-corrected chi connectivity index (χ2v) is 8.70. The summed E-state index contributed by atoms with van der Waals surface area (Å²) in [6, 6.07) is 2.70. The number of aromatic nitrogens is 2. The maximum Gasteiger partial charge on any atom is 0.326 e. The zero-order valence-corrected chi connectivity index (χ0v) is 20.0. The van der Waals surface area contributed by atoms with Crippen molar-refractivity contribution in [3.63, 3.8) is 0 Å². The van der Waals surface area contributed by atoms with Crippen LogP contribution in [0.25, 0.3) is 0 Å². The lowest BCUT2D eigenvalue weighted by Crippen LogP contribution is -2.57. The maximum atomic E-state index is 13.1. The number of nitrogens with two attached hydrogens (primary N) is 1. The Bertz CT molecular complexity index is 985. The SMILES string of the molecule is CSCCC(NC(=O)CN)C(=O)NC(Cc1ccc(O)cc1)C(=O)NC(Cc1cnc[nH]1)C(=O)O. The number of carbonyl (C=O) groups is 4. The molecule has 2 rings (SSSR count). The molecule has 3 atom stereocenters. The molecule has 0 aliphatic heterocycles. The van der Waals surface area contributed by atoms with Crippen molar-refractivity contribution in [2.45, 2.75) is 37.4 Å². The van der Waals surface area contributed by atoms with Gasteiger partial charge in [0.15, 0.2) is 0 Å². The van der Waals surface area contributed by atoms with Crippen molar-refractivity contribution < 1.29 is 29.4 Å². The highest BCUT2D eigenvalue weighted by Crippen LogP contribution is 2.12. The number of rotatable bonds is 14. The Labute approximate surface area is 206 Å². The topological polar surface area (TPSA) is 200 Å². The van der Waals surface area contributed by atoms with Gasteiger partial charge >= 0.3 is 5.97 Å². The number of thioether (sulfide) groups is 1. The summed E-state index contributed by atoms with van der Waals surface area (Å²) in [6.45, 7) is -0.297. The molecule has 3 unspecified atom stereocenters. The summed E-state index contributed by atoms with van der Waals surface area (Å²) in [7, 11) is 0. The van der Waals surface area contributed by atoms with E-state index < -0.39 is 41.8 Å². The van der Waals surface area contributed by atoms with Gasteiger partial charge in [-0.25, -0.2) is 9.78 Å².